The van der Waals surface area contributed by atoms with Crippen molar-refractivity contribution >= 4 is 27.1 Å². The van der Waals surface area contributed by atoms with Gasteiger partial charge in [0.1, 0.15) is 5.75 Å². The second-order valence-corrected chi connectivity index (χ2v) is 5.57. The van der Waals surface area contributed by atoms with Crippen molar-refractivity contribution in [3.8, 4) is 5.75 Å². The molecule has 0 bridgehead atoms. The second kappa shape index (κ2) is 4.52. The summed E-state index contributed by atoms with van der Waals surface area (Å²) in [6, 6.07) is 15.5. The van der Waals surface area contributed by atoms with E-state index in [2.05, 4.69) is 0 Å². The van der Waals surface area contributed by atoms with Crippen LogP contribution >= 0.6 is 11.3 Å². The molecule has 3 heteroatoms. The molecule has 0 unspecified atom stereocenters. The first kappa shape index (κ1) is 11.9. The lowest BCUT2D eigenvalue weighted by Crippen LogP contribution is -1.98. The highest BCUT2D eigenvalue weighted by Crippen LogP contribution is 2.37. The normalized spacial score (nSPS) is 10.8. The quantitative estimate of drug-likeness (QED) is 0.667. The summed E-state index contributed by atoms with van der Waals surface area (Å²) in [5, 5.41) is 19.3. The van der Waals surface area contributed by atoms with Gasteiger partial charge >= 0.3 is 0 Å². The Bertz CT molecular complexity index is 756. The minimum absolute atomic E-state index is 0.214. The number of rotatable bonds is 2. The van der Waals surface area contributed by atoms with Crippen LogP contribution in [-0.4, -0.2) is 10.8 Å². The summed E-state index contributed by atoms with van der Waals surface area (Å²) in [4.78, 5) is 0.630. The molecule has 0 aliphatic rings. The monoisotopic (exact) mass is 267 g/mol. The Labute approximate surface area is 115 Å². The number of fused-ring (bicyclic) bond motifs is 1. The van der Waals surface area contributed by atoms with E-state index in [1.807, 2.05) is 55.5 Å². The SMILES string of the molecule is Cc1ccc(C(=N)c2sc3ccccc3c2O)cc1. The lowest BCUT2D eigenvalue weighted by Gasteiger charge is -2.03. The summed E-state index contributed by atoms with van der Waals surface area (Å²) in [5.74, 6) is 0.214. The van der Waals surface area contributed by atoms with Crippen molar-refractivity contribution < 1.29 is 5.11 Å². The molecule has 19 heavy (non-hydrogen) atoms. The van der Waals surface area contributed by atoms with E-state index < -0.39 is 0 Å². The lowest BCUT2D eigenvalue weighted by molar-refractivity contribution is 0.482. The third kappa shape index (κ3) is 2.02. The average Bonchev–Trinajstić information content (AvgIpc) is 2.77. The minimum Gasteiger partial charge on any atom is -0.506 e. The summed E-state index contributed by atoms with van der Waals surface area (Å²) >= 11 is 1.46. The van der Waals surface area contributed by atoms with Gasteiger partial charge in [0.25, 0.3) is 0 Å². The second-order valence-electron chi connectivity index (χ2n) is 4.52. The Hall–Kier alpha value is -2.13. The van der Waals surface area contributed by atoms with E-state index in [4.69, 9.17) is 5.41 Å². The molecule has 0 atom stereocenters. The van der Waals surface area contributed by atoms with Crippen LogP contribution in [0.4, 0.5) is 0 Å². The van der Waals surface area contributed by atoms with E-state index in [-0.39, 0.29) is 5.75 Å². The van der Waals surface area contributed by atoms with Crippen molar-refractivity contribution in [3.63, 3.8) is 0 Å². The zero-order valence-corrected chi connectivity index (χ0v) is 11.3. The average molecular weight is 267 g/mol. The number of benzene rings is 2. The molecule has 0 aliphatic heterocycles. The maximum Gasteiger partial charge on any atom is 0.143 e. The molecule has 0 saturated heterocycles. The number of aryl methyl sites for hydroxylation is 1. The zero-order chi connectivity index (χ0) is 13.4. The predicted octanol–water partition coefficient (Wildman–Crippen LogP) is 4.33. The summed E-state index contributed by atoms with van der Waals surface area (Å²) in [5.41, 5.74) is 2.36. The molecule has 0 saturated carbocycles. The molecule has 2 aromatic carbocycles. The fraction of sp³-hybridized carbons (Fsp3) is 0.0625. The van der Waals surface area contributed by atoms with Gasteiger partial charge in [0.15, 0.2) is 0 Å². The molecule has 94 valence electrons. The molecule has 1 aromatic heterocycles. The molecule has 3 rings (SSSR count). The van der Waals surface area contributed by atoms with Crippen LogP contribution in [0.5, 0.6) is 5.75 Å². The number of thiophene rings is 1. The van der Waals surface area contributed by atoms with Crippen LogP contribution in [0.3, 0.4) is 0 Å². The highest BCUT2D eigenvalue weighted by molar-refractivity contribution is 7.21. The van der Waals surface area contributed by atoms with Crippen molar-refractivity contribution in [1.29, 1.82) is 5.41 Å². The van der Waals surface area contributed by atoms with E-state index in [0.717, 1.165) is 21.2 Å². The summed E-state index contributed by atoms with van der Waals surface area (Å²) < 4.78 is 1.01. The maximum atomic E-state index is 10.2. The maximum absolute atomic E-state index is 10.2. The molecule has 1 heterocycles. The molecule has 0 amide bonds. The van der Waals surface area contributed by atoms with E-state index in [0.29, 0.717) is 10.6 Å². The van der Waals surface area contributed by atoms with Crippen LogP contribution in [0, 0.1) is 12.3 Å². The molecule has 2 N–H and O–H groups in total. The Kier molecular flexibility index (Phi) is 2.84. The molecule has 3 aromatic rings. The van der Waals surface area contributed by atoms with Gasteiger partial charge in [0, 0.05) is 15.6 Å². The Morgan fingerprint density at radius 1 is 1.05 bits per heavy atom. The zero-order valence-electron chi connectivity index (χ0n) is 10.5. The number of nitrogens with one attached hydrogen (secondary N) is 1. The number of hydrogen-bond donors (Lipinski definition) is 2. The highest BCUT2D eigenvalue weighted by Gasteiger charge is 2.15. The van der Waals surface area contributed by atoms with Gasteiger partial charge in [-0.15, -0.1) is 11.3 Å². The Balaban J connectivity index is 2.11. The van der Waals surface area contributed by atoms with Gasteiger partial charge in [-0.1, -0.05) is 42.0 Å². The van der Waals surface area contributed by atoms with Crippen LogP contribution < -0.4 is 0 Å². The van der Waals surface area contributed by atoms with Gasteiger partial charge in [-0.25, -0.2) is 0 Å². The first-order valence-electron chi connectivity index (χ1n) is 6.03. The van der Waals surface area contributed by atoms with Crippen LogP contribution in [0.25, 0.3) is 10.1 Å². The third-order valence-electron chi connectivity index (χ3n) is 3.14. The van der Waals surface area contributed by atoms with E-state index in [9.17, 15) is 5.11 Å². The molecular formula is C16H13NOS. The number of aromatic hydroxyl groups is 1. The van der Waals surface area contributed by atoms with Gasteiger partial charge in [-0.3, -0.25) is 5.41 Å². The van der Waals surface area contributed by atoms with Gasteiger partial charge in [-0.2, -0.15) is 0 Å². The smallest absolute Gasteiger partial charge is 0.143 e. The predicted molar refractivity (Wildman–Crippen MR) is 80.6 cm³/mol. The fourth-order valence-electron chi connectivity index (χ4n) is 2.05. The minimum atomic E-state index is 0.214. The van der Waals surface area contributed by atoms with Crippen molar-refractivity contribution in [3.05, 3.63) is 64.5 Å². The standard InChI is InChI=1S/C16H13NOS/c1-10-6-8-11(9-7-10)14(17)16-15(18)12-4-2-3-5-13(12)19-16/h2-9,17-18H,1H3. The molecule has 0 fully saturated rings. The third-order valence-corrected chi connectivity index (χ3v) is 4.31. The molecule has 0 aliphatic carbocycles. The van der Waals surface area contributed by atoms with E-state index in [1.165, 1.54) is 11.3 Å². The lowest BCUT2D eigenvalue weighted by atomic mass is 10.1. The topological polar surface area (TPSA) is 44.1 Å². The van der Waals surface area contributed by atoms with E-state index >= 15 is 0 Å². The number of hydrogen-bond acceptors (Lipinski definition) is 3. The van der Waals surface area contributed by atoms with Gasteiger partial charge in [0.2, 0.25) is 0 Å². The van der Waals surface area contributed by atoms with Gasteiger partial charge < -0.3 is 5.11 Å². The Morgan fingerprint density at radius 2 is 1.74 bits per heavy atom. The Morgan fingerprint density at radius 3 is 2.42 bits per heavy atom. The van der Waals surface area contributed by atoms with Gasteiger partial charge in [0.05, 0.1) is 10.6 Å². The van der Waals surface area contributed by atoms with Crippen molar-refractivity contribution in [2.45, 2.75) is 6.92 Å². The van der Waals surface area contributed by atoms with Crippen molar-refractivity contribution in [2.75, 3.05) is 0 Å². The molecular weight excluding hydrogens is 254 g/mol. The molecule has 2 nitrogen and oxygen atoms in total. The van der Waals surface area contributed by atoms with Crippen molar-refractivity contribution in [1.82, 2.24) is 0 Å². The van der Waals surface area contributed by atoms with Crippen LogP contribution in [0.15, 0.2) is 48.5 Å². The fourth-order valence-corrected chi connectivity index (χ4v) is 3.12. The summed E-state index contributed by atoms with van der Waals surface area (Å²) in [7, 11) is 0. The first-order chi connectivity index (χ1) is 9.16. The van der Waals surface area contributed by atoms with Crippen LogP contribution in [0.1, 0.15) is 16.0 Å². The largest absolute Gasteiger partial charge is 0.506 e. The van der Waals surface area contributed by atoms with E-state index in [1.54, 1.807) is 0 Å². The van der Waals surface area contributed by atoms with Gasteiger partial charge in [-0.05, 0) is 19.1 Å². The highest BCUT2D eigenvalue weighted by atomic mass is 32.1. The van der Waals surface area contributed by atoms with Crippen LogP contribution in [0.2, 0.25) is 0 Å². The summed E-state index contributed by atoms with van der Waals surface area (Å²) in [6.07, 6.45) is 0. The van der Waals surface area contributed by atoms with Crippen molar-refractivity contribution in [2.24, 2.45) is 0 Å². The summed E-state index contributed by atoms with van der Waals surface area (Å²) in [6.45, 7) is 2.02. The van der Waals surface area contributed by atoms with Crippen LogP contribution in [-0.2, 0) is 0 Å². The molecule has 0 radical (unpaired) electrons. The molecule has 0 spiro atoms. The first-order valence-corrected chi connectivity index (χ1v) is 6.85.